The maximum atomic E-state index is 10.0. The Balaban J connectivity index is 2.33. The third-order valence-corrected chi connectivity index (χ3v) is 3.75. The number of hydrogen-bond donors (Lipinski definition) is 3. The Labute approximate surface area is 123 Å². The lowest BCUT2D eigenvalue weighted by Gasteiger charge is -2.30. The molecule has 6 heteroatoms. The summed E-state index contributed by atoms with van der Waals surface area (Å²) in [6.07, 6.45) is 1.03. The summed E-state index contributed by atoms with van der Waals surface area (Å²) in [7, 11) is 0. The molecule has 0 radical (unpaired) electrons. The number of nitrogens with two attached hydrogens (primary N) is 1. The maximum absolute atomic E-state index is 10.0. The number of hydrogen-bond acceptors (Lipinski definition) is 4. The van der Waals surface area contributed by atoms with Gasteiger partial charge in [0.1, 0.15) is 5.75 Å². The highest BCUT2D eigenvalue weighted by molar-refractivity contribution is 7.80. The molecule has 1 aliphatic rings. The topological polar surface area (TPSA) is 61.5 Å². The fraction of sp³-hybridized carbons (Fsp3) is 0.462. The molecule has 0 amide bonds. The molecule has 104 valence electrons. The van der Waals surface area contributed by atoms with Gasteiger partial charge < -0.3 is 16.2 Å². The van der Waals surface area contributed by atoms with E-state index in [4.69, 9.17) is 29.6 Å². The molecule has 19 heavy (non-hydrogen) atoms. The van der Waals surface area contributed by atoms with Crippen LogP contribution in [0.25, 0.3) is 0 Å². The van der Waals surface area contributed by atoms with Gasteiger partial charge in [0.2, 0.25) is 0 Å². The van der Waals surface area contributed by atoms with Crippen LogP contribution < -0.4 is 11.1 Å². The van der Waals surface area contributed by atoms with E-state index in [1.807, 2.05) is 0 Å². The Kier molecular flexibility index (Phi) is 4.99. The second kappa shape index (κ2) is 6.52. The first-order valence-corrected chi connectivity index (χ1v) is 7.10. The summed E-state index contributed by atoms with van der Waals surface area (Å²) in [5, 5.41) is 13.9. The summed E-state index contributed by atoms with van der Waals surface area (Å²) in [4.78, 5) is 2.55. The zero-order chi connectivity index (χ0) is 13.8. The smallest absolute Gasteiger partial charge is 0.120 e. The lowest BCUT2D eigenvalue weighted by atomic mass is 10.0. The average Bonchev–Trinajstić information content (AvgIpc) is 2.62. The lowest BCUT2D eigenvalue weighted by molar-refractivity contribution is 0.257. The molecule has 1 saturated heterocycles. The van der Waals surface area contributed by atoms with E-state index in [0.29, 0.717) is 15.6 Å². The predicted octanol–water partition coefficient (Wildman–Crippen LogP) is 1.67. The summed E-state index contributed by atoms with van der Waals surface area (Å²) in [5.41, 5.74) is 6.57. The van der Waals surface area contributed by atoms with Crippen LogP contribution >= 0.6 is 23.8 Å². The molecule has 1 atom stereocenters. The Hall–Kier alpha value is -0.880. The van der Waals surface area contributed by atoms with Crippen molar-refractivity contribution >= 4 is 28.8 Å². The van der Waals surface area contributed by atoms with Crippen molar-refractivity contribution in [2.75, 3.05) is 26.2 Å². The number of phenols is 1. The summed E-state index contributed by atoms with van der Waals surface area (Å²) in [5.74, 6) is 0.180. The minimum Gasteiger partial charge on any atom is -0.508 e. The van der Waals surface area contributed by atoms with E-state index in [2.05, 4.69) is 10.2 Å². The summed E-state index contributed by atoms with van der Waals surface area (Å²) >= 11 is 11.2. The molecule has 1 aliphatic heterocycles. The van der Waals surface area contributed by atoms with Crippen LogP contribution in [0.4, 0.5) is 0 Å². The van der Waals surface area contributed by atoms with Gasteiger partial charge in [-0.25, -0.2) is 0 Å². The monoisotopic (exact) mass is 299 g/mol. The van der Waals surface area contributed by atoms with E-state index in [9.17, 15) is 5.11 Å². The minimum absolute atomic E-state index is 0.180. The van der Waals surface area contributed by atoms with Crippen LogP contribution in [0.5, 0.6) is 5.75 Å². The Morgan fingerprint density at radius 3 is 2.95 bits per heavy atom. The number of phenolic OH excluding ortho intramolecular Hbond substituents is 1. The molecule has 1 heterocycles. The van der Waals surface area contributed by atoms with Crippen molar-refractivity contribution in [1.29, 1.82) is 0 Å². The molecule has 0 bridgehead atoms. The van der Waals surface area contributed by atoms with E-state index >= 15 is 0 Å². The van der Waals surface area contributed by atoms with Crippen molar-refractivity contribution in [1.82, 2.24) is 10.2 Å². The van der Waals surface area contributed by atoms with Crippen molar-refractivity contribution in [2.24, 2.45) is 5.73 Å². The molecule has 0 aromatic heterocycles. The van der Waals surface area contributed by atoms with Crippen molar-refractivity contribution in [3.8, 4) is 5.75 Å². The van der Waals surface area contributed by atoms with Crippen molar-refractivity contribution in [3.63, 3.8) is 0 Å². The Bertz CT molecular complexity index is 461. The van der Waals surface area contributed by atoms with Crippen molar-refractivity contribution < 1.29 is 5.11 Å². The number of nitrogens with one attached hydrogen (secondary N) is 1. The zero-order valence-electron chi connectivity index (χ0n) is 10.6. The molecule has 4 nitrogen and oxygen atoms in total. The van der Waals surface area contributed by atoms with E-state index in [0.717, 1.165) is 32.6 Å². The van der Waals surface area contributed by atoms with Crippen LogP contribution in [0, 0.1) is 0 Å². The summed E-state index contributed by atoms with van der Waals surface area (Å²) < 4.78 is 0. The zero-order valence-corrected chi connectivity index (χ0v) is 12.2. The highest BCUT2D eigenvalue weighted by Gasteiger charge is 2.26. The van der Waals surface area contributed by atoms with Crippen LogP contribution in [0.15, 0.2) is 18.2 Å². The number of thiocarbonyl (C=S) groups is 1. The first kappa shape index (κ1) is 14.5. The normalized spacial score (nSPS) is 18.8. The number of aromatic hydroxyl groups is 1. The Morgan fingerprint density at radius 1 is 1.42 bits per heavy atom. The fourth-order valence-corrected chi connectivity index (χ4v) is 2.86. The molecule has 0 spiro atoms. The van der Waals surface area contributed by atoms with Crippen LogP contribution in [0.3, 0.4) is 0 Å². The van der Waals surface area contributed by atoms with Crippen molar-refractivity contribution in [2.45, 2.75) is 12.5 Å². The van der Waals surface area contributed by atoms with Gasteiger partial charge in [0, 0.05) is 30.2 Å². The van der Waals surface area contributed by atoms with E-state index in [1.54, 1.807) is 18.2 Å². The maximum Gasteiger partial charge on any atom is 0.120 e. The predicted molar refractivity (Wildman–Crippen MR) is 81.7 cm³/mol. The number of rotatable bonds is 3. The summed E-state index contributed by atoms with van der Waals surface area (Å²) in [6, 6.07) is 4.70. The SMILES string of the molecule is NC(=S)C(c1cc(Cl)ccc1O)N1CCCNCC1. The van der Waals surface area contributed by atoms with Gasteiger partial charge in [0.15, 0.2) is 0 Å². The molecule has 1 aromatic carbocycles. The highest BCUT2D eigenvalue weighted by Crippen LogP contribution is 2.31. The molecular weight excluding hydrogens is 282 g/mol. The van der Waals surface area contributed by atoms with Crippen LogP contribution in [-0.2, 0) is 0 Å². The van der Waals surface area contributed by atoms with Gasteiger partial charge in [-0.3, -0.25) is 4.90 Å². The van der Waals surface area contributed by atoms with Crippen molar-refractivity contribution in [3.05, 3.63) is 28.8 Å². The fourth-order valence-electron chi connectivity index (χ4n) is 2.40. The molecule has 1 unspecified atom stereocenters. The quantitative estimate of drug-likeness (QED) is 0.741. The van der Waals surface area contributed by atoms with E-state index < -0.39 is 0 Å². The minimum atomic E-state index is -0.270. The lowest BCUT2D eigenvalue weighted by Crippen LogP contribution is -2.39. The third-order valence-electron chi connectivity index (χ3n) is 3.29. The second-order valence-corrected chi connectivity index (χ2v) is 5.56. The van der Waals surface area contributed by atoms with Gasteiger partial charge in [-0.1, -0.05) is 23.8 Å². The largest absolute Gasteiger partial charge is 0.508 e. The molecular formula is C13H18ClN3OS. The molecule has 2 rings (SSSR count). The van der Waals surface area contributed by atoms with E-state index in [-0.39, 0.29) is 11.8 Å². The van der Waals surface area contributed by atoms with E-state index in [1.165, 1.54) is 0 Å². The molecule has 4 N–H and O–H groups in total. The Morgan fingerprint density at radius 2 is 2.21 bits per heavy atom. The van der Waals surface area contributed by atoms with Crippen LogP contribution in [-0.4, -0.2) is 41.2 Å². The number of halogens is 1. The number of benzene rings is 1. The van der Waals surface area contributed by atoms with Crippen LogP contribution in [0.1, 0.15) is 18.0 Å². The highest BCUT2D eigenvalue weighted by atomic mass is 35.5. The molecule has 1 aromatic rings. The van der Waals surface area contributed by atoms with Crippen LogP contribution in [0.2, 0.25) is 5.02 Å². The molecule has 0 aliphatic carbocycles. The average molecular weight is 300 g/mol. The first-order valence-electron chi connectivity index (χ1n) is 6.32. The first-order chi connectivity index (χ1) is 9.09. The standard InChI is InChI=1S/C13H18ClN3OS/c14-9-2-3-11(18)10(8-9)12(13(15)19)17-6-1-4-16-5-7-17/h2-3,8,12,16,18H,1,4-7H2,(H2,15,19). The van der Waals surface area contributed by atoms with Gasteiger partial charge in [0.25, 0.3) is 0 Å². The van der Waals surface area contributed by atoms with Gasteiger partial charge in [-0.2, -0.15) is 0 Å². The van der Waals surface area contributed by atoms with Gasteiger partial charge in [0.05, 0.1) is 11.0 Å². The van der Waals surface area contributed by atoms with Gasteiger partial charge >= 0.3 is 0 Å². The van der Waals surface area contributed by atoms with Gasteiger partial charge in [-0.05, 0) is 31.2 Å². The molecule has 1 fully saturated rings. The number of nitrogens with zero attached hydrogens (tertiary/aromatic N) is 1. The summed E-state index contributed by atoms with van der Waals surface area (Å²) in [6.45, 7) is 3.61. The third kappa shape index (κ3) is 3.57. The van der Waals surface area contributed by atoms with Gasteiger partial charge in [-0.15, -0.1) is 0 Å². The molecule has 0 saturated carbocycles. The second-order valence-electron chi connectivity index (χ2n) is 4.65.